The third-order valence-corrected chi connectivity index (χ3v) is 11.2. The topological polar surface area (TPSA) is 232 Å². The zero-order chi connectivity index (χ0) is 48.9. The number of benzene rings is 2. The second-order valence-electron chi connectivity index (χ2n) is 18.6. The SMILES string of the molecule is Cc1csc(Nc2nccc(-c3ccc(OC[C@@](C)(N)CC(C)C)c(C#N)c3)n2)n1.Cc1csc(Nc2nccc(-c3ccc(OC[C@](C)(CC(C)C)NC(=O)OC(C)(C)C)c(C#N)c3)n2)n1. The van der Waals surface area contributed by atoms with Gasteiger partial charge in [-0.25, -0.2) is 34.7 Å². The Morgan fingerprint density at radius 3 is 1.57 bits per heavy atom. The number of alkyl carbamates (subject to hydrolysis) is 1. The lowest BCUT2D eigenvalue weighted by atomic mass is 9.91. The summed E-state index contributed by atoms with van der Waals surface area (Å²) in [5.41, 5.74) is 10.1. The highest BCUT2D eigenvalue weighted by Crippen LogP contribution is 2.30. The molecule has 1 amide bonds. The molecule has 0 spiro atoms. The van der Waals surface area contributed by atoms with E-state index in [2.05, 4.69) is 85.7 Å². The van der Waals surface area contributed by atoms with Crippen molar-refractivity contribution in [3.63, 3.8) is 0 Å². The first-order valence-electron chi connectivity index (χ1n) is 21.8. The number of amides is 1. The van der Waals surface area contributed by atoms with E-state index in [1.807, 2.05) is 71.4 Å². The number of hydrogen-bond donors (Lipinski definition) is 4. The summed E-state index contributed by atoms with van der Waals surface area (Å²) in [4.78, 5) is 38.8. The summed E-state index contributed by atoms with van der Waals surface area (Å²) in [5, 5.41) is 33.9. The van der Waals surface area contributed by atoms with Crippen LogP contribution in [0.5, 0.6) is 11.5 Å². The van der Waals surface area contributed by atoms with Crippen molar-refractivity contribution in [1.82, 2.24) is 35.2 Å². The Bertz CT molecular complexity index is 2700. The number of nitriles is 2. The zero-order valence-electron chi connectivity index (χ0n) is 40.0. The van der Waals surface area contributed by atoms with Crippen LogP contribution in [0, 0.1) is 48.3 Å². The molecule has 2 atom stereocenters. The summed E-state index contributed by atoms with van der Waals surface area (Å²) in [7, 11) is 0. The van der Waals surface area contributed by atoms with E-state index in [-0.39, 0.29) is 6.61 Å². The predicted molar refractivity (Wildman–Crippen MR) is 265 cm³/mol. The van der Waals surface area contributed by atoms with Gasteiger partial charge in [-0.3, -0.25) is 0 Å². The maximum absolute atomic E-state index is 12.5. The minimum absolute atomic E-state index is 0.174. The first-order valence-corrected chi connectivity index (χ1v) is 23.6. The lowest BCUT2D eigenvalue weighted by Crippen LogP contribution is -2.52. The van der Waals surface area contributed by atoms with Crippen LogP contribution in [0.3, 0.4) is 0 Å². The van der Waals surface area contributed by atoms with Crippen molar-refractivity contribution in [2.75, 3.05) is 23.8 Å². The Balaban J connectivity index is 0.000000256. The molecule has 2 aromatic carbocycles. The van der Waals surface area contributed by atoms with Gasteiger partial charge in [0.25, 0.3) is 0 Å². The predicted octanol–water partition coefficient (Wildman–Crippen LogP) is 10.9. The summed E-state index contributed by atoms with van der Waals surface area (Å²) in [6.07, 6.45) is 4.33. The molecule has 16 nitrogen and oxygen atoms in total. The highest BCUT2D eigenvalue weighted by atomic mass is 32.1. The molecular weight excluding hydrogens is 885 g/mol. The van der Waals surface area contributed by atoms with E-state index >= 15 is 0 Å². The van der Waals surface area contributed by atoms with E-state index in [9.17, 15) is 15.3 Å². The van der Waals surface area contributed by atoms with Crippen LogP contribution >= 0.6 is 22.7 Å². The lowest BCUT2D eigenvalue weighted by Gasteiger charge is -2.33. The number of carbonyl (C=O) groups excluding carboxylic acids is 1. The Hall–Kier alpha value is -6.73. The van der Waals surface area contributed by atoms with Crippen LogP contribution in [0.25, 0.3) is 22.5 Å². The maximum Gasteiger partial charge on any atom is 0.408 e. The van der Waals surface area contributed by atoms with E-state index < -0.39 is 22.8 Å². The third kappa shape index (κ3) is 16.3. The van der Waals surface area contributed by atoms with Gasteiger partial charge in [0.2, 0.25) is 11.9 Å². The number of thiazole rings is 2. The summed E-state index contributed by atoms with van der Waals surface area (Å²) in [6, 6.07) is 18.8. The Labute approximate surface area is 401 Å². The van der Waals surface area contributed by atoms with E-state index in [1.54, 1.807) is 48.8 Å². The molecule has 5 N–H and O–H groups in total. The smallest absolute Gasteiger partial charge is 0.408 e. The minimum Gasteiger partial charge on any atom is -0.490 e. The van der Waals surface area contributed by atoms with E-state index in [4.69, 9.17) is 19.9 Å². The van der Waals surface area contributed by atoms with Crippen LogP contribution in [-0.4, -0.2) is 65.9 Å². The molecule has 67 heavy (non-hydrogen) atoms. The highest BCUT2D eigenvalue weighted by molar-refractivity contribution is 7.14. The summed E-state index contributed by atoms with van der Waals surface area (Å²) >= 11 is 2.97. The average molecular weight is 945 g/mol. The number of carbonyl (C=O) groups is 1. The fraction of sp³-hybridized carbons (Fsp3) is 0.408. The number of aryl methyl sites for hydroxylation is 2. The largest absolute Gasteiger partial charge is 0.490 e. The molecule has 0 aliphatic rings. The van der Waals surface area contributed by atoms with E-state index in [1.165, 1.54) is 22.7 Å². The molecule has 0 radical (unpaired) electrons. The van der Waals surface area contributed by atoms with Gasteiger partial charge < -0.3 is 35.9 Å². The normalized spacial score (nSPS) is 13.0. The van der Waals surface area contributed by atoms with Crippen LogP contribution in [0.4, 0.5) is 27.0 Å². The molecular formula is C49H60N12O4S2. The standard InChI is InChI=1S/C27H34N6O3S.C22H26N6OS/c1-17(2)13-27(7,33-25(34)36-26(4,5)6)16-35-22-9-8-19(12-20(22)14-28)21-10-11-29-23(31-21)32-24-30-18(3)15-37-24;1-14(2)10-22(4,24)13-29-19-6-5-16(9-17(19)11-23)18-7-8-25-20(27-18)28-21-26-15(3)12-30-21/h8-12,15,17H,13,16H2,1-7H3,(H,33,34)(H,29,30,31,32);5-9,12,14H,10,13,24H2,1-4H3,(H,25,26,27,28)/t27-;22-/m00/s1. The Morgan fingerprint density at radius 1 is 0.701 bits per heavy atom. The highest BCUT2D eigenvalue weighted by Gasteiger charge is 2.31. The molecule has 4 aromatic heterocycles. The minimum atomic E-state index is -0.691. The Morgan fingerprint density at radius 2 is 1.16 bits per heavy atom. The number of ether oxygens (including phenoxy) is 3. The Kier molecular flexibility index (Phi) is 17.3. The number of nitrogens with one attached hydrogen (secondary N) is 3. The second kappa shape index (κ2) is 22.6. The van der Waals surface area contributed by atoms with Gasteiger partial charge in [-0.2, -0.15) is 10.5 Å². The van der Waals surface area contributed by atoms with Crippen LogP contribution in [0.1, 0.15) is 97.7 Å². The number of hydrogen-bond acceptors (Lipinski definition) is 17. The molecule has 0 unspecified atom stereocenters. The molecule has 0 aliphatic heterocycles. The van der Waals surface area contributed by atoms with Crippen molar-refractivity contribution in [2.45, 2.75) is 106 Å². The van der Waals surface area contributed by atoms with Crippen molar-refractivity contribution in [3.05, 3.63) is 94.2 Å². The average Bonchev–Trinajstić information content (AvgIpc) is 3.86. The molecule has 0 bridgehead atoms. The second-order valence-corrected chi connectivity index (χ2v) is 20.3. The first kappa shape index (κ1) is 51.3. The van der Waals surface area contributed by atoms with Gasteiger partial charge in [-0.05, 0) is 122 Å². The number of rotatable bonds is 17. The van der Waals surface area contributed by atoms with Crippen LogP contribution < -0.4 is 31.2 Å². The number of nitrogens with zero attached hydrogens (tertiary/aromatic N) is 8. The van der Waals surface area contributed by atoms with Crippen molar-refractivity contribution >= 4 is 50.9 Å². The summed E-state index contributed by atoms with van der Waals surface area (Å²) in [5.74, 6) is 2.59. The number of aromatic nitrogens is 6. The molecule has 6 rings (SSSR count). The fourth-order valence-electron chi connectivity index (χ4n) is 7.05. The molecule has 0 saturated carbocycles. The molecule has 4 heterocycles. The van der Waals surface area contributed by atoms with E-state index in [0.717, 1.165) is 34.1 Å². The molecule has 6 aromatic rings. The lowest BCUT2D eigenvalue weighted by molar-refractivity contribution is 0.0408. The molecule has 0 saturated heterocycles. The van der Waals surface area contributed by atoms with Gasteiger partial charge in [0.05, 0.1) is 39.4 Å². The molecule has 352 valence electrons. The maximum atomic E-state index is 12.5. The van der Waals surface area contributed by atoms with Gasteiger partial charge in [0.15, 0.2) is 10.3 Å². The van der Waals surface area contributed by atoms with Crippen LogP contribution in [0.15, 0.2) is 71.7 Å². The molecule has 0 aliphatic carbocycles. The van der Waals surface area contributed by atoms with Gasteiger partial charge in [-0.15, -0.1) is 22.7 Å². The molecule has 0 fully saturated rings. The van der Waals surface area contributed by atoms with Crippen molar-refractivity contribution in [1.29, 1.82) is 10.5 Å². The van der Waals surface area contributed by atoms with Crippen LogP contribution in [-0.2, 0) is 4.74 Å². The van der Waals surface area contributed by atoms with Crippen LogP contribution in [0.2, 0.25) is 0 Å². The fourth-order valence-corrected chi connectivity index (χ4v) is 8.41. The van der Waals surface area contributed by atoms with Crippen molar-refractivity contribution in [3.8, 4) is 46.2 Å². The van der Waals surface area contributed by atoms with Gasteiger partial charge in [0, 0.05) is 39.8 Å². The van der Waals surface area contributed by atoms with E-state index in [0.29, 0.717) is 75.9 Å². The van der Waals surface area contributed by atoms with Gasteiger partial charge in [-0.1, -0.05) is 27.7 Å². The monoisotopic (exact) mass is 944 g/mol. The van der Waals surface area contributed by atoms with Crippen molar-refractivity contribution in [2.24, 2.45) is 17.6 Å². The third-order valence-electron chi connectivity index (χ3n) is 9.42. The quantitative estimate of drug-likeness (QED) is 0.0666. The zero-order valence-corrected chi connectivity index (χ0v) is 41.6. The summed E-state index contributed by atoms with van der Waals surface area (Å²) in [6.45, 7) is 22.1. The molecule has 18 heteroatoms. The van der Waals surface area contributed by atoms with Crippen molar-refractivity contribution < 1.29 is 19.0 Å². The first-order chi connectivity index (χ1) is 31.6. The number of nitrogens with two attached hydrogens (primary N) is 1. The van der Waals surface area contributed by atoms with Gasteiger partial charge >= 0.3 is 6.09 Å². The number of anilines is 4. The summed E-state index contributed by atoms with van der Waals surface area (Å²) < 4.78 is 17.4. The van der Waals surface area contributed by atoms with Gasteiger partial charge in [0.1, 0.15) is 42.5 Å².